The van der Waals surface area contributed by atoms with Crippen LogP contribution in [0.4, 0.5) is 5.69 Å². The molecule has 30 heavy (non-hydrogen) atoms. The number of carbonyl (C=O) groups is 1. The molecule has 1 fully saturated rings. The molecule has 2 bridgehead atoms. The van der Waals surface area contributed by atoms with Crippen LogP contribution >= 0.6 is 0 Å². The second kappa shape index (κ2) is 6.63. The van der Waals surface area contributed by atoms with Crippen molar-refractivity contribution in [3.63, 3.8) is 0 Å². The molecule has 6 rings (SSSR count). The molecule has 1 aromatic heterocycles. The number of nitrogens with zero attached hydrogens (tertiary/aromatic N) is 3. The van der Waals surface area contributed by atoms with Gasteiger partial charge in [0.1, 0.15) is 0 Å². The normalized spacial score (nSPS) is 19.4. The lowest BCUT2D eigenvalue weighted by atomic mass is 10.00. The highest BCUT2D eigenvalue weighted by atomic mass is 16.2. The van der Waals surface area contributed by atoms with Crippen molar-refractivity contribution >= 4 is 33.4 Å². The van der Waals surface area contributed by atoms with Gasteiger partial charge in [-0.15, -0.1) is 0 Å². The Morgan fingerprint density at radius 3 is 2.47 bits per heavy atom. The Kier molecular flexibility index (Phi) is 3.88. The number of rotatable bonds is 3. The summed E-state index contributed by atoms with van der Waals surface area (Å²) in [6.45, 7) is 2.62. The molecular weight excluding hydrogens is 370 g/mol. The molecule has 0 N–H and O–H groups in total. The zero-order valence-corrected chi connectivity index (χ0v) is 17.0. The van der Waals surface area contributed by atoms with Crippen LogP contribution in [0.1, 0.15) is 59.8 Å². The van der Waals surface area contributed by atoms with Gasteiger partial charge < -0.3 is 4.90 Å². The van der Waals surface area contributed by atoms with E-state index in [1.165, 1.54) is 30.7 Å². The first kappa shape index (κ1) is 17.6. The van der Waals surface area contributed by atoms with E-state index in [4.69, 9.17) is 9.97 Å². The summed E-state index contributed by atoms with van der Waals surface area (Å²) in [7, 11) is 0. The van der Waals surface area contributed by atoms with Crippen LogP contribution in [0.25, 0.3) is 21.8 Å². The van der Waals surface area contributed by atoms with Crippen LogP contribution in [0.2, 0.25) is 0 Å². The van der Waals surface area contributed by atoms with E-state index in [0.29, 0.717) is 23.9 Å². The highest BCUT2D eigenvalue weighted by Crippen LogP contribution is 2.51. The van der Waals surface area contributed by atoms with Crippen molar-refractivity contribution in [2.75, 3.05) is 11.4 Å². The Hall–Kier alpha value is -3.27. The Morgan fingerprint density at radius 2 is 1.67 bits per heavy atom. The summed E-state index contributed by atoms with van der Waals surface area (Å²) in [6, 6.07) is 20.1. The standard InChI is InChI=1S/C26H23N3O/c1-2-29(23-9-5-7-16-6-3-4-8-20(16)23)26(30)19-12-13-21-22(15-19)28-25-18-11-10-17(14-18)24(25)27-21/h3-9,12-13,15,17-18H,2,10-11,14H2,1H3. The van der Waals surface area contributed by atoms with Crippen LogP contribution in [0.15, 0.2) is 60.7 Å². The van der Waals surface area contributed by atoms with E-state index in [2.05, 4.69) is 18.2 Å². The topological polar surface area (TPSA) is 46.1 Å². The molecule has 3 aromatic carbocycles. The summed E-state index contributed by atoms with van der Waals surface area (Å²) in [5.74, 6) is 1.15. The quantitative estimate of drug-likeness (QED) is 0.441. The number of amides is 1. The van der Waals surface area contributed by atoms with Gasteiger partial charge in [-0.1, -0.05) is 36.4 Å². The number of anilines is 1. The average molecular weight is 393 g/mol. The molecule has 0 spiro atoms. The number of aromatic nitrogens is 2. The van der Waals surface area contributed by atoms with Crippen LogP contribution in [0.5, 0.6) is 0 Å². The van der Waals surface area contributed by atoms with E-state index >= 15 is 0 Å². The molecule has 4 nitrogen and oxygen atoms in total. The molecule has 0 aliphatic heterocycles. The SMILES string of the molecule is CCN(C(=O)c1ccc2nc3c(nc2c1)C1CCC3C1)c1cccc2ccccc12. The lowest BCUT2D eigenvalue weighted by molar-refractivity contribution is 0.0988. The fraction of sp³-hybridized carbons (Fsp3) is 0.269. The Morgan fingerprint density at radius 1 is 0.933 bits per heavy atom. The molecule has 2 atom stereocenters. The first-order valence-electron chi connectivity index (χ1n) is 10.8. The number of hydrogen-bond donors (Lipinski definition) is 0. The van der Waals surface area contributed by atoms with Crippen LogP contribution in [0, 0.1) is 0 Å². The minimum Gasteiger partial charge on any atom is -0.308 e. The number of fused-ring (bicyclic) bond motifs is 7. The van der Waals surface area contributed by atoms with Crippen molar-refractivity contribution in [3.8, 4) is 0 Å². The second-order valence-corrected chi connectivity index (χ2v) is 8.45. The van der Waals surface area contributed by atoms with Gasteiger partial charge in [0.25, 0.3) is 5.91 Å². The van der Waals surface area contributed by atoms with Crippen molar-refractivity contribution < 1.29 is 4.79 Å². The smallest absolute Gasteiger partial charge is 0.258 e. The minimum absolute atomic E-state index is 0.000396. The van der Waals surface area contributed by atoms with Gasteiger partial charge in [0, 0.05) is 29.3 Å². The molecule has 148 valence electrons. The molecule has 2 aliphatic carbocycles. The third-order valence-corrected chi connectivity index (χ3v) is 6.79. The zero-order chi connectivity index (χ0) is 20.2. The summed E-state index contributed by atoms with van der Waals surface area (Å²) in [5, 5.41) is 2.22. The maximum atomic E-state index is 13.5. The van der Waals surface area contributed by atoms with Crippen LogP contribution in [-0.4, -0.2) is 22.4 Å². The fourth-order valence-electron chi connectivity index (χ4n) is 5.32. The van der Waals surface area contributed by atoms with Crippen molar-refractivity contribution in [2.24, 2.45) is 0 Å². The second-order valence-electron chi connectivity index (χ2n) is 8.45. The molecule has 0 radical (unpaired) electrons. The minimum atomic E-state index is -0.000396. The molecule has 0 saturated heterocycles. The van der Waals surface area contributed by atoms with E-state index in [9.17, 15) is 4.79 Å². The van der Waals surface area contributed by atoms with Crippen molar-refractivity contribution in [1.82, 2.24) is 9.97 Å². The predicted molar refractivity (Wildman–Crippen MR) is 120 cm³/mol. The average Bonchev–Trinajstić information content (AvgIpc) is 3.40. The van der Waals surface area contributed by atoms with Gasteiger partial charge in [0.15, 0.2) is 0 Å². The molecule has 4 aromatic rings. The van der Waals surface area contributed by atoms with Crippen LogP contribution < -0.4 is 4.90 Å². The Balaban J connectivity index is 1.42. The maximum absolute atomic E-state index is 13.5. The Bertz CT molecular complexity index is 1310. The molecule has 2 unspecified atom stereocenters. The summed E-state index contributed by atoms with van der Waals surface area (Å²) in [6.07, 6.45) is 3.66. The summed E-state index contributed by atoms with van der Waals surface area (Å²) in [4.78, 5) is 25.2. The van der Waals surface area contributed by atoms with Gasteiger partial charge in [0.05, 0.1) is 28.1 Å². The van der Waals surface area contributed by atoms with Gasteiger partial charge >= 0.3 is 0 Å². The first-order chi connectivity index (χ1) is 14.7. The number of hydrogen-bond acceptors (Lipinski definition) is 3. The number of carbonyl (C=O) groups excluding carboxylic acids is 1. The third-order valence-electron chi connectivity index (χ3n) is 6.79. The first-order valence-corrected chi connectivity index (χ1v) is 10.8. The monoisotopic (exact) mass is 393 g/mol. The third kappa shape index (κ3) is 2.56. The van der Waals surface area contributed by atoms with E-state index in [1.807, 2.05) is 54.3 Å². The van der Waals surface area contributed by atoms with Gasteiger partial charge in [-0.25, -0.2) is 9.97 Å². The maximum Gasteiger partial charge on any atom is 0.258 e. The van der Waals surface area contributed by atoms with E-state index in [-0.39, 0.29) is 5.91 Å². The fourth-order valence-corrected chi connectivity index (χ4v) is 5.32. The summed E-state index contributed by atoms with van der Waals surface area (Å²) in [5.41, 5.74) is 5.70. The zero-order valence-electron chi connectivity index (χ0n) is 17.0. The summed E-state index contributed by atoms with van der Waals surface area (Å²) >= 11 is 0. The molecule has 1 heterocycles. The molecule has 1 saturated carbocycles. The van der Waals surface area contributed by atoms with E-state index < -0.39 is 0 Å². The van der Waals surface area contributed by atoms with Crippen LogP contribution in [0.3, 0.4) is 0 Å². The summed E-state index contributed by atoms with van der Waals surface area (Å²) < 4.78 is 0. The highest BCUT2D eigenvalue weighted by molar-refractivity contribution is 6.11. The van der Waals surface area contributed by atoms with Crippen molar-refractivity contribution in [2.45, 2.75) is 38.0 Å². The largest absolute Gasteiger partial charge is 0.308 e. The highest BCUT2D eigenvalue weighted by Gasteiger charge is 2.39. The molecule has 1 amide bonds. The van der Waals surface area contributed by atoms with Crippen molar-refractivity contribution in [1.29, 1.82) is 0 Å². The number of benzene rings is 3. The predicted octanol–water partition coefficient (Wildman–Crippen LogP) is 5.81. The lowest BCUT2D eigenvalue weighted by Gasteiger charge is -2.23. The van der Waals surface area contributed by atoms with E-state index in [0.717, 1.165) is 27.5 Å². The van der Waals surface area contributed by atoms with Crippen molar-refractivity contribution in [3.05, 3.63) is 77.6 Å². The molecule has 2 aliphatic rings. The lowest BCUT2D eigenvalue weighted by Crippen LogP contribution is -2.30. The van der Waals surface area contributed by atoms with Gasteiger partial charge in [0.2, 0.25) is 0 Å². The molecular formula is C26H23N3O. The van der Waals surface area contributed by atoms with Crippen LogP contribution in [-0.2, 0) is 0 Å². The van der Waals surface area contributed by atoms with Gasteiger partial charge in [-0.05, 0) is 55.8 Å². The van der Waals surface area contributed by atoms with Gasteiger partial charge in [-0.3, -0.25) is 4.79 Å². The molecule has 4 heteroatoms. The van der Waals surface area contributed by atoms with E-state index in [1.54, 1.807) is 0 Å². The Labute approximate surface area is 175 Å². The van der Waals surface area contributed by atoms with Gasteiger partial charge in [-0.2, -0.15) is 0 Å².